The molecular weight excluding hydrogens is 451 g/mol. The van der Waals surface area contributed by atoms with E-state index in [1.165, 1.54) is 12.8 Å². The van der Waals surface area contributed by atoms with Crippen LogP contribution in [0.1, 0.15) is 25.7 Å². The van der Waals surface area contributed by atoms with E-state index in [0.29, 0.717) is 0 Å². The molecule has 1 aliphatic rings. The van der Waals surface area contributed by atoms with Crippen LogP contribution >= 0.6 is 0 Å². The number of carbonyl (C=O) groups is 2. The van der Waals surface area contributed by atoms with Crippen molar-refractivity contribution in [2.45, 2.75) is 37.8 Å². The summed E-state index contributed by atoms with van der Waals surface area (Å²) in [6, 6.07) is 0.562. The summed E-state index contributed by atoms with van der Waals surface area (Å²) in [5, 5.41) is 33.4. The molecule has 8 N–H and O–H groups in total. The average Bonchev–Trinajstić information content (AvgIpc) is 2.35. The third-order valence-electron chi connectivity index (χ3n) is 3.23. The van der Waals surface area contributed by atoms with Crippen LogP contribution in [0.5, 0.6) is 0 Å². The number of rotatable bonds is 4. The van der Waals surface area contributed by atoms with E-state index in [0.717, 1.165) is 12.8 Å². The summed E-state index contributed by atoms with van der Waals surface area (Å²) in [6.45, 7) is -2.26. The second-order valence-corrected chi connectivity index (χ2v) is 4.62. The van der Waals surface area contributed by atoms with Gasteiger partial charge in [0.2, 0.25) is 5.41 Å². The van der Waals surface area contributed by atoms with Crippen molar-refractivity contribution in [2.24, 2.45) is 16.9 Å². The molecule has 0 spiro atoms. The summed E-state index contributed by atoms with van der Waals surface area (Å²) in [5.74, 6) is -3.51. The number of aliphatic hydroxyl groups is 2. The average molecular weight is 473 g/mol. The Morgan fingerprint density at radius 1 is 0.950 bits per heavy atom. The van der Waals surface area contributed by atoms with E-state index in [4.69, 9.17) is 31.9 Å². The summed E-state index contributed by atoms with van der Waals surface area (Å²) in [6.07, 6.45) is 4.80. The van der Waals surface area contributed by atoms with Crippen molar-refractivity contribution >= 4 is 11.9 Å². The van der Waals surface area contributed by atoms with E-state index in [-0.39, 0.29) is 33.1 Å². The largest absolute Gasteiger partial charge is 0.480 e. The molecule has 1 saturated carbocycles. The Kier molecular flexibility index (Phi) is 11.1. The molecular formula is C11H22N2O6Pt. The van der Waals surface area contributed by atoms with Crippen LogP contribution in [0.2, 0.25) is 0 Å². The van der Waals surface area contributed by atoms with Gasteiger partial charge in [-0.2, -0.15) is 0 Å². The molecule has 20 heavy (non-hydrogen) atoms. The predicted octanol–water partition coefficient (Wildman–Crippen LogP) is -1.66. The van der Waals surface area contributed by atoms with Crippen molar-refractivity contribution in [3.63, 3.8) is 0 Å². The first-order valence-corrected chi connectivity index (χ1v) is 6.01. The Morgan fingerprint density at radius 2 is 1.25 bits per heavy atom. The molecule has 9 heteroatoms. The molecule has 0 aromatic rings. The van der Waals surface area contributed by atoms with E-state index >= 15 is 0 Å². The minimum absolute atomic E-state index is 0. The van der Waals surface area contributed by atoms with Gasteiger partial charge in [-0.3, -0.25) is 9.59 Å². The number of carboxylic acids is 2. The first-order chi connectivity index (χ1) is 8.81. The van der Waals surface area contributed by atoms with Crippen molar-refractivity contribution in [1.82, 2.24) is 0 Å². The van der Waals surface area contributed by atoms with Gasteiger partial charge in [0.15, 0.2) is 0 Å². The maximum atomic E-state index is 10.2. The maximum absolute atomic E-state index is 10.2. The van der Waals surface area contributed by atoms with Crippen molar-refractivity contribution in [3.8, 4) is 0 Å². The van der Waals surface area contributed by atoms with E-state index < -0.39 is 30.6 Å². The van der Waals surface area contributed by atoms with Gasteiger partial charge in [0.05, 0.1) is 13.2 Å². The monoisotopic (exact) mass is 473 g/mol. The van der Waals surface area contributed by atoms with Crippen LogP contribution in [0, 0.1) is 5.41 Å². The number of hydrogen-bond acceptors (Lipinski definition) is 6. The van der Waals surface area contributed by atoms with Gasteiger partial charge in [0, 0.05) is 33.1 Å². The fourth-order valence-corrected chi connectivity index (χ4v) is 1.60. The molecule has 1 rings (SSSR count). The second-order valence-electron chi connectivity index (χ2n) is 4.62. The van der Waals surface area contributed by atoms with Crippen LogP contribution in [-0.4, -0.2) is 57.7 Å². The van der Waals surface area contributed by atoms with Crippen LogP contribution in [0.15, 0.2) is 0 Å². The van der Waals surface area contributed by atoms with Gasteiger partial charge in [-0.15, -0.1) is 0 Å². The van der Waals surface area contributed by atoms with E-state index in [1.807, 2.05) is 0 Å². The third-order valence-corrected chi connectivity index (χ3v) is 3.23. The topological polar surface area (TPSA) is 167 Å². The van der Waals surface area contributed by atoms with Crippen molar-refractivity contribution < 1.29 is 51.1 Å². The number of aliphatic hydroxyl groups excluding tert-OH is 2. The predicted molar refractivity (Wildman–Crippen MR) is 66.3 cm³/mol. The Morgan fingerprint density at radius 3 is 1.35 bits per heavy atom. The van der Waals surface area contributed by atoms with Crippen LogP contribution < -0.4 is 11.5 Å². The minimum Gasteiger partial charge on any atom is -0.480 e. The fourth-order valence-electron chi connectivity index (χ4n) is 1.60. The summed E-state index contributed by atoms with van der Waals surface area (Å²) in [4.78, 5) is 20.4. The quantitative estimate of drug-likeness (QED) is 0.264. The molecule has 1 aliphatic carbocycles. The maximum Gasteiger partial charge on any atom is 0.325 e. The third kappa shape index (κ3) is 5.85. The molecule has 0 aromatic heterocycles. The molecule has 8 nitrogen and oxygen atoms in total. The van der Waals surface area contributed by atoms with Crippen LogP contribution in [0.4, 0.5) is 0 Å². The van der Waals surface area contributed by atoms with E-state index in [1.54, 1.807) is 0 Å². The molecule has 0 aliphatic heterocycles. The Balaban J connectivity index is 0. The van der Waals surface area contributed by atoms with Crippen molar-refractivity contribution in [2.75, 3.05) is 13.2 Å². The Labute approximate surface area is 131 Å². The Hall–Kier alpha value is -0.532. The van der Waals surface area contributed by atoms with Gasteiger partial charge in [-0.05, 0) is 12.8 Å². The fraction of sp³-hybridized carbons (Fsp3) is 0.818. The summed E-state index contributed by atoms with van der Waals surface area (Å²) in [7, 11) is 0. The molecule has 2 atom stereocenters. The number of nitrogens with two attached hydrogens (primary N) is 2. The minimum atomic E-state index is -2.47. The molecule has 0 amide bonds. The Bertz CT molecular complexity index is 285. The molecule has 1 fully saturated rings. The van der Waals surface area contributed by atoms with Crippen molar-refractivity contribution in [1.29, 1.82) is 0 Å². The first kappa shape index (κ1) is 21.8. The normalized spacial score (nSPS) is 22.0. The molecule has 0 heterocycles. The number of aliphatic carboxylic acids is 2. The van der Waals surface area contributed by atoms with Crippen molar-refractivity contribution in [3.05, 3.63) is 0 Å². The number of hydrogen-bond donors (Lipinski definition) is 6. The standard InChI is InChI=1S/C6H14N2.C5H8O6.Pt/c7-5-3-1-2-4-6(5)8;6-1-5(2-7,3(8)9)4(10)11;/h5-6H,1-4,7-8H2;6-7H,1-2H2,(H,8,9)(H,10,11);/t5-,6+;;. The van der Waals surface area contributed by atoms with Gasteiger partial charge in [-0.25, -0.2) is 0 Å². The van der Waals surface area contributed by atoms with Crippen LogP contribution in [-0.2, 0) is 30.7 Å². The second kappa shape index (κ2) is 10.2. The molecule has 0 saturated heterocycles. The zero-order valence-corrected chi connectivity index (χ0v) is 13.2. The van der Waals surface area contributed by atoms with Gasteiger partial charge in [-0.1, -0.05) is 12.8 Å². The molecule has 0 aromatic carbocycles. The summed E-state index contributed by atoms with van der Waals surface area (Å²) < 4.78 is 0. The summed E-state index contributed by atoms with van der Waals surface area (Å²) >= 11 is 0. The molecule has 122 valence electrons. The van der Waals surface area contributed by atoms with Gasteiger partial charge >= 0.3 is 11.9 Å². The van der Waals surface area contributed by atoms with Gasteiger partial charge < -0.3 is 31.9 Å². The number of carboxylic acid groups (broad SMARTS) is 2. The van der Waals surface area contributed by atoms with E-state index in [9.17, 15) is 9.59 Å². The zero-order valence-electron chi connectivity index (χ0n) is 11.0. The van der Waals surface area contributed by atoms with Crippen LogP contribution in [0.3, 0.4) is 0 Å². The zero-order chi connectivity index (χ0) is 15.1. The van der Waals surface area contributed by atoms with Gasteiger partial charge in [0.1, 0.15) is 0 Å². The molecule has 0 radical (unpaired) electrons. The van der Waals surface area contributed by atoms with Gasteiger partial charge in [0.25, 0.3) is 0 Å². The summed E-state index contributed by atoms with van der Waals surface area (Å²) in [5.41, 5.74) is 8.83. The van der Waals surface area contributed by atoms with Crippen LogP contribution in [0.25, 0.3) is 0 Å². The smallest absolute Gasteiger partial charge is 0.325 e. The molecule has 0 unspecified atom stereocenters. The first-order valence-electron chi connectivity index (χ1n) is 6.01. The van der Waals surface area contributed by atoms with E-state index in [2.05, 4.69) is 0 Å². The molecule has 0 bridgehead atoms. The SMILES string of the molecule is N[C@@H]1CCCC[C@@H]1N.O=C(O)C(CO)(CO)C(=O)O.[Pt].